The lowest BCUT2D eigenvalue weighted by molar-refractivity contribution is 0.0965. The first-order valence-corrected chi connectivity index (χ1v) is 8.07. The van der Waals surface area contributed by atoms with Crippen LogP contribution >= 0.6 is 0 Å². The fourth-order valence-electron chi connectivity index (χ4n) is 2.66. The lowest BCUT2D eigenvalue weighted by Crippen LogP contribution is -2.13. The standard InChI is InChI=1S/C21H25O/c1-14(2)18-11-12-19(20(13-18)15(3)4)21(22)16(5)17-9-7-6-8-10-17/h6-12,14-16H,1-5H3. The lowest BCUT2D eigenvalue weighted by atomic mass is 9.85. The third-order valence-electron chi connectivity index (χ3n) is 4.16. The van der Waals surface area contributed by atoms with Gasteiger partial charge in [0.2, 0.25) is 0 Å². The van der Waals surface area contributed by atoms with Gasteiger partial charge in [0.1, 0.15) is 0 Å². The number of benzene rings is 2. The maximum Gasteiger partial charge on any atom is 0.170 e. The predicted molar refractivity (Wildman–Crippen MR) is 92.6 cm³/mol. The molecule has 115 valence electrons. The predicted octanol–water partition coefficient (Wildman–Crippen LogP) is 5.72. The Morgan fingerprint density at radius 1 is 0.864 bits per heavy atom. The number of rotatable bonds is 5. The van der Waals surface area contributed by atoms with Gasteiger partial charge in [0.15, 0.2) is 5.78 Å². The Labute approximate surface area is 134 Å². The molecule has 1 radical (unpaired) electrons. The molecule has 0 saturated carbocycles. The smallest absolute Gasteiger partial charge is 0.170 e. The maximum atomic E-state index is 12.9. The summed E-state index contributed by atoms with van der Waals surface area (Å²) in [5.74, 6) is 0.771. The molecule has 0 amide bonds. The fraction of sp³-hybridized carbons (Fsp3) is 0.381. The molecule has 0 bridgehead atoms. The van der Waals surface area contributed by atoms with Crippen molar-refractivity contribution in [2.24, 2.45) is 0 Å². The number of carbonyl (C=O) groups excluding carboxylic acids is 1. The van der Waals surface area contributed by atoms with Gasteiger partial charge < -0.3 is 0 Å². The Balaban J connectivity index is 2.41. The van der Waals surface area contributed by atoms with E-state index in [4.69, 9.17) is 0 Å². The first kappa shape index (κ1) is 16.5. The van der Waals surface area contributed by atoms with Crippen molar-refractivity contribution in [1.29, 1.82) is 0 Å². The molecule has 0 heterocycles. The van der Waals surface area contributed by atoms with E-state index >= 15 is 0 Å². The molecule has 2 aromatic carbocycles. The molecular formula is C21H25O. The molecule has 0 aliphatic heterocycles. The van der Waals surface area contributed by atoms with Crippen molar-refractivity contribution >= 4 is 5.78 Å². The average Bonchev–Trinajstić information content (AvgIpc) is 2.53. The van der Waals surface area contributed by atoms with E-state index in [0.717, 1.165) is 16.7 Å². The van der Waals surface area contributed by atoms with Gasteiger partial charge >= 0.3 is 0 Å². The minimum Gasteiger partial charge on any atom is -0.293 e. The molecule has 1 atom stereocenters. The van der Waals surface area contributed by atoms with Crippen LogP contribution in [0, 0.1) is 6.07 Å². The van der Waals surface area contributed by atoms with E-state index in [0.29, 0.717) is 11.8 Å². The quantitative estimate of drug-likeness (QED) is 0.644. The molecule has 1 heteroatoms. The van der Waals surface area contributed by atoms with Crippen LogP contribution in [0.15, 0.2) is 42.5 Å². The highest BCUT2D eigenvalue weighted by molar-refractivity contribution is 6.02. The van der Waals surface area contributed by atoms with Crippen molar-refractivity contribution in [3.8, 4) is 0 Å². The normalized spacial score (nSPS) is 12.7. The van der Waals surface area contributed by atoms with Gasteiger partial charge in [0.25, 0.3) is 0 Å². The van der Waals surface area contributed by atoms with Gasteiger partial charge in [-0.1, -0.05) is 77.1 Å². The summed E-state index contributed by atoms with van der Waals surface area (Å²) in [4.78, 5) is 12.9. The second-order valence-electron chi connectivity index (χ2n) is 6.55. The number of hydrogen-bond acceptors (Lipinski definition) is 1. The molecule has 1 nitrogen and oxygen atoms in total. The van der Waals surface area contributed by atoms with Gasteiger partial charge in [-0.05, 0) is 34.6 Å². The molecule has 0 spiro atoms. The highest BCUT2D eigenvalue weighted by atomic mass is 16.1. The van der Waals surface area contributed by atoms with Crippen molar-refractivity contribution in [2.75, 3.05) is 0 Å². The van der Waals surface area contributed by atoms with Gasteiger partial charge in [-0.15, -0.1) is 0 Å². The topological polar surface area (TPSA) is 17.1 Å². The molecule has 2 rings (SSSR count). The van der Waals surface area contributed by atoms with E-state index in [1.165, 1.54) is 5.56 Å². The SMILES string of the molecule is CC(C)c1[c]c(C(C)C)c(C(=O)C(C)c2ccccc2)cc1. The van der Waals surface area contributed by atoms with E-state index in [2.05, 4.69) is 33.8 Å². The Kier molecular flexibility index (Phi) is 5.18. The van der Waals surface area contributed by atoms with Crippen LogP contribution in [0.5, 0.6) is 0 Å². The van der Waals surface area contributed by atoms with Crippen LogP contribution in [-0.4, -0.2) is 5.78 Å². The molecule has 0 N–H and O–H groups in total. The highest BCUT2D eigenvalue weighted by Crippen LogP contribution is 2.28. The van der Waals surface area contributed by atoms with Gasteiger partial charge in [-0.3, -0.25) is 4.79 Å². The Hall–Kier alpha value is -1.89. The average molecular weight is 293 g/mol. The molecule has 0 aromatic heterocycles. The molecular weight excluding hydrogens is 268 g/mol. The van der Waals surface area contributed by atoms with E-state index in [1.807, 2.05) is 49.4 Å². The summed E-state index contributed by atoms with van der Waals surface area (Å²) in [7, 11) is 0. The van der Waals surface area contributed by atoms with Crippen LogP contribution in [0.2, 0.25) is 0 Å². The molecule has 2 aromatic rings. The number of Topliss-reactive ketones (excluding diaryl/α,β-unsaturated/α-hetero) is 1. The van der Waals surface area contributed by atoms with Crippen LogP contribution in [0.3, 0.4) is 0 Å². The van der Waals surface area contributed by atoms with Crippen LogP contribution in [0.4, 0.5) is 0 Å². The summed E-state index contributed by atoms with van der Waals surface area (Å²) >= 11 is 0. The van der Waals surface area contributed by atoms with Gasteiger partial charge in [-0.2, -0.15) is 0 Å². The van der Waals surface area contributed by atoms with Gasteiger partial charge in [0.05, 0.1) is 0 Å². The van der Waals surface area contributed by atoms with Gasteiger partial charge in [-0.25, -0.2) is 0 Å². The molecule has 0 saturated heterocycles. The zero-order valence-corrected chi connectivity index (χ0v) is 14.2. The summed E-state index contributed by atoms with van der Waals surface area (Å²) in [6.07, 6.45) is 0. The van der Waals surface area contributed by atoms with Gasteiger partial charge in [0, 0.05) is 11.5 Å². The molecule has 1 unspecified atom stereocenters. The van der Waals surface area contributed by atoms with E-state index in [1.54, 1.807) is 0 Å². The number of ketones is 1. The number of carbonyl (C=O) groups is 1. The summed E-state index contributed by atoms with van der Waals surface area (Å²) < 4.78 is 0. The van der Waals surface area contributed by atoms with E-state index in [-0.39, 0.29) is 11.7 Å². The van der Waals surface area contributed by atoms with Crippen LogP contribution in [0.25, 0.3) is 0 Å². The first-order chi connectivity index (χ1) is 10.4. The lowest BCUT2D eigenvalue weighted by Gasteiger charge is -2.18. The molecule has 0 aliphatic carbocycles. The zero-order chi connectivity index (χ0) is 16.3. The minimum absolute atomic E-state index is 0.128. The van der Waals surface area contributed by atoms with Crippen LogP contribution < -0.4 is 0 Å². The maximum absolute atomic E-state index is 12.9. The van der Waals surface area contributed by atoms with Crippen molar-refractivity contribution in [1.82, 2.24) is 0 Å². The van der Waals surface area contributed by atoms with E-state index in [9.17, 15) is 4.79 Å². The van der Waals surface area contributed by atoms with Crippen LogP contribution in [-0.2, 0) is 0 Å². The Bertz CT molecular complexity index is 638. The zero-order valence-electron chi connectivity index (χ0n) is 14.2. The van der Waals surface area contributed by atoms with Crippen molar-refractivity contribution in [3.63, 3.8) is 0 Å². The second kappa shape index (κ2) is 6.91. The largest absolute Gasteiger partial charge is 0.293 e. The minimum atomic E-state index is -0.128. The van der Waals surface area contributed by atoms with Crippen molar-refractivity contribution < 1.29 is 4.79 Å². The summed E-state index contributed by atoms with van der Waals surface area (Å²) in [6, 6.07) is 17.5. The fourth-order valence-corrected chi connectivity index (χ4v) is 2.66. The van der Waals surface area contributed by atoms with E-state index < -0.39 is 0 Å². The second-order valence-corrected chi connectivity index (χ2v) is 6.55. The van der Waals surface area contributed by atoms with Crippen LogP contribution in [0.1, 0.15) is 79.4 Å². The highest BCUT2D eigenvalue weighted by Gasteiger charge is 2.21. The summed E-state index contributed by atoms with van der Waals surface area (Å²) in [5, 5.41) is 0. The Morgan fingerprint density at radius 2 is 1.50 bits per heavy atom. The third-order valence-corrected chi connectivity index (χ3v) is 4.16. The molecule has 0 fully saturated rings. The monoisotopic (exact) mass is 293 g/mol. The number of hydrogen-bond donors (Lipinski definition) is 0. The molecule has 0 aliphatic rings. The Morgan fingerprint density at radius 3 is 2.05 bits per heavy atom. The first-order valence-electron chi connectivity index (χ1n) is 8.07. The van der Waals surface area contributed by atoms with Crippen molar-refractivity contribution in [2.45, 2.75) is 52.4 Å². The third kappa shape index (κ3) is 3.47. The summed E-state index contributed by atoms with van der Waals surface area (Å²) in [5.41, 5.74) is 4.09. The molecule has 22 heavy (non-hydrogen) atoms. The van der Waals surface area contributed by atoms with Crippen molar-refractivity contribution in [3.05, 3.63) is 70.8 Å². The summed E-state index contributed by atoms with van der Waals surface area (Å²) in [6.45, 7) is 10.5.